The van der Waals surface area contributed by atoms with Crippen LogP contribution in [0, 0.1) is 5.92 Å². The first-order valence-corrected chi connectivity index (χ1v) is 6.96. The Morgan fingerprint density at radius 1 is 1.10 bits per heavy atom. The van der Waals surface area contributed by atoms with Crippen molar-refractivity contribution in [1.82, 2.24) is 0 Å². The van der Waals surface area contributed by atoms with Gasteiger partial charge in [-0.1, -0.05) is 97.7 Å². The molecule has 0 N–H and O–H groups in total. The molecule has 0 saturated heterocycles. The second-order valence-electron chi connectivity index (χ2n) is 4.72. The van der Waals surface area contributed by atoms with E-state index in [2.05, 4.69) is 79.5 Å². The molecule has 0 heterocycles. The molecule has 0 fully saturated rings. The number of rotatable bonds is 5. The van der Waals surface area contributed by atoms with E-state index in [0.29, 0.717) is 5.92 Å². The molecule has 1 aliphatic rings. The molecule has 0 aromatic heterocycles. The molecule has 1 unspecified atom stereocenters. The summed E-state index contributed by atoms with van der Waals surface area (Å²) in [6.07, 6.45) is 22.2. The third-order valence-electron chi connectivity index (χ3n) is 3.11. The zero-order valence-electron chi connectivity index (χ0n) is 11.7. The molecule has 0 heteroatoms. The molecule has 0 spiro atoms. The average Bonchev–Trinajstić information content (AvgIpc) is 2.52. The van der Waals surface area contributed by atoms with Crippen LogP contribution < -0.4 is 0 Å². The molecule has 20 heavy (non-hydrogen) atoms. The third-order valence-corrected chi connectivity index (χ3v) is 3.11. The van der Waals surface area contributed by atoms with Crippen molar-refractivity contribution in [3.63, 3.8) is 0 Å². The van der Waals surface area contributed by atoms with Crippen molar-refractivity contribution in [2.75, 3.05) is 0 Å². The van der Waals surface area contributed by atoms with Crippen LogP contribution in [0.2, 0.25) is 0 Å². The standard InChI is InChI=1S/C20H20/c1-2-3-10-20(17-19-13-8-5-9-14-19)16-15-18-11-6-4-7-12-18/h2-13,15-17,19H,1,14H2. The molecule has 1 atom stereocenters. The predicted octanol–water partition coefficient (Wildman–Crippen LogP) is 5.50. The van der Waals surface area contributed by atoms with Gasteiger partial charge in [0.1, 0.15) is 0 Å². The Morgan fingerprint density at radius 2 is 1.95 bits per heavy atom. The lowest BCUT2D eigenvalue weighted by molar-refractivity contribution is 0.819. The monoisotopic (exact) mass is 260 g/mol. The van der Waals surface area contributed by atoms with Crippen LogP contribution in [0.5, 0.6) is 0 Å². The van der Waals surface area contributed by atoms with Gasteiger partial charge in [0.05, 0.1) is 0 Å². The SMILES string of the molecule is C=CC=CC(C=Cc1ccccc1)=CC1C=CC=CC1. The lowest BCUT2D eigenvalue weighted by Crippen LogP contribution is -1.93. The molecule has 0 amide bonds. The second-order valence-corrected chi connectivity index (χ2v) is 4.72. The van der Waals surface area contributed by atoms with Gasteiger partial charge in [0.25, 0.3) is 0 Å². The quantitative estimate of drug-likeness (QED) is 0.613. The molecular formula is C20H20. The summed E-state index contributed by atoms with van der Waals surface area (Å²) >= 11 is 0. The van der Waals surface area contributed by atoms with Crippen LogP contribution >= 0.6 is 0 Å². The summed E-state index contributed by atoms with van der Waals surface area (Å²) in [6.45, 7) is 3.73. The van der Waals surface area contributed by atoms with Crippen molar-refractivity contribution >= 4 is 6.08 Å². The van der Waals surface area contributed by atoms with Crippen LogP contribution in [-0.2, 0) is 0 Å². The third kappa shape index (κ3) is 4.74. The summed E-state index contributed by atoms with van der Waals surface area (Å²) in [4.78, 5) is 0. The lowest BCUT2D eigenvalue weighted by atomic mass is 9.97. The Kier molecular flexibility index (Phi) is 5.60. The summed E-state index contributed by atoms with van der Waals surface area (Å²) in [7, 11) is 0. The van der Waals surface area contributed by atoms with E-state index >= 15 is 0 Å². The Hall–Kier alpha value is -2.34. The normalized spacial score (nSPS) is 19.0. The fourth-order valence-electron chi connectivity index (χ4n) is 2.07. The highest BCUT2D eigenvalue weighted by Gasteiger charge is 2.01. The molecular weight excluding hydrogens is 240 g/mol. The molecule has 0 saturated carbocycles. The fourth-order valence-corrected chi connectivity index (χ4v) is 2.07. The molecule has 1 aliphatic carbocycles. The van der Waals surface area contributed by atoms with E-state index < -0.39 is 0 Å². The van der Waals surface area contributed by atoms with Gasteiger partial charge in [-0.2, -0.15) is 0 Å². The minimum absolute atomic E-state index is 0.477. The molecule has 0 bridgehead atoms. The second kappa shape index (κ2) is 7.96. The predicted molar refractivity (Wildman–Crippen MR) is 89.3 cm³/mol. The molecule has 0 aliphatic heterocycles. The number of hydrogen-bond donors (Lipinski definition) is 0. The van der Waals surface area contributed by atoms with E-state index in [-0.39, 0.29) is 0 Å². The lowest BCUT2D eigenvalue weighted by Gasteiger charge is -2.08. The van der Waals surface area contributed by atoms with Gasteiger partial charge < -0.3 is 0 Å². The summed E-state index contributed by atoms with van der Waals surface area (Å²) < 4.78 is 0. The molecule has 2 rings (SSSR count). The van der Waals surface area contributed by atoms with Crippen molar-refractivity contribution in [1.29, 1.82) is 0 Å². The highest BCUT2D eigenvalue weighted by Crippen LogP contribution is 2.17. The van der Waals surface area contributed by atoms with E-state index in [1.807, 2.05) is 12.1 Å². The van der Waals surface area contributed by atoms with Gasteiger partial charge in [-0.15, -0.1) is 0 Å². The summed E-state index contributed by atoms with van der Waals surface area (Å²) in [5, 5.41) is 0. The zero-order valence-corrected chi connectivity index (χ0v) is 11.7. The first-order chi connectivity index (χ1) is 9.88. The van der Waals surface area contributed by atoms with Crippen molar-refractivity contribution in [2.24, 2.45) is 5.92 Å². The Bertz CT molecular complexity index is 565. The van der Waals surface area contributed by atoms with Crippen molar-refractivity contribution in [2.45, 2.75) is 6.42 Å². The highest BCUT2D eigenvalue weighted by molar-refractivity contribution is 5.54. The van der Waals surface area contributed by atoms with E-state index in [9.17, 15) is 0 Å². The highest BCUT2D eigenvalue weighted by atomic mass is 14.1. The van der Waals surface area contributed by atoms with Crippen LogP contribution in [0.15, 0.2) is 97.2 Å². The number of hydrogen-bond acceptors (Lipinski definition) is 0. The largest absolute Gasteiger partial charge is 0.0991 e. The minimum atomic E-state index is 0.477. The van der Waals surface area contributed by atoms with Crippen LogP contribution in [0.4, 0.5) is 0 Å². The summed E-state index contributed by atoms with van der Waals surface area (Å²) in [5.74, 6) is 0.477. The summed E-state index contributed by atoms with van der Waals surface area (Å²) in [5.41, 5.74) is 2.42. The zero-order chi connectivity index (χ0) is 14.0. The van der Waals surface area contributed by atoms with Crippen molar-refractivity contribution < 1.29 is 0 Å². The van der Waals surface area contributed by atoms with Crippen LogP contribution in [0.3, 0.4) is 0 Å². The molecule has 0 radical (unpaired) electrons. The van der Waals surface area contributed by atoms with Gasteiger partial charge >= 0.3 is 0 Å². The Labute approximate surface area is 121 Å². The Balaban J connectivity index is 2.15. The van der Waals surface area contributed by atoms with Crippen molar-refractivity contribution in [3.8, 4) is 0 Å². The maximum atomic E-state index is 3.73. The summed E-state index contributed by atoms with van der Waals surface area (Å²) in [6, 6.07) is 10.3. The van der Waals surface area contributed by atoms with Crippen LogP contribution in [0.1, 0.15) is 12.0 Å². The Morgan fingerprint density at radius 3 is 2.65 bits per heavy atom. The van der Waals surface area contributed by atoms with E-state index in [4.69, 9.17) is 0 Å². The van der Waals surface area contributed by atoms with Gasteiger partial charge in [0, 0.05) is 0 Å². The van der Waals surface area contributed by atoms with Crippen LogP contribution in [-0.4, -0.2) is 0 Å². The van der Waals surface area contributed by atoms with Gasteiger partial charge in [0.2, 0.25) is 0 Å². The fraction of sp³-hybridized carbons (Fsp3) is 0.100. The molecule has 1 aromatic carbocycles. The van der Waals surface area contributed by atoms with Crippen LogP contribution in [0.25, 0.3) is 6.08 Å². The number of benzene rings is 1. The first-order valence-electron chi connectivity index (χ1n) is 6.96. The molecule has 0 nitrogen and oxygen atoms in total. The smallest absolute Gasteiger partial charge is 0.000675 e. The van der Waals surface area contributed by atoms with Gasteiger partial charge in [-0.05, 0) is 23.5 Å². The topological polar surface area (TPSA) is 0 Å². The van der Waals surface area contributed by atoms with Gasteiger partial charge in [-0.3, -0.25) is 0 Å². The van der Waals surface area contributed by atoms with E-state index in [0.717, 1.165) is 6.42 Å². The molecule has 100 valence electrons. The molecule has 1 aromatic rings. The minimum Gasteiger partial charge on any atom is -0.0991 e. The number of allylic oxidation sites excluding steroid dienone is 10. The van der Waals surface area contributed by atoms with E-state index in [1.165, 1.54) is 11.1 Å². The van der Waals surface area contributed by atoms with Gasteiger partial charge in [0.15, 0.2) is 0 Å². The van der Waals surface area contributed by atoms with Gasteiger partial charge in [-0.25, -0.2) is 0 Å². The first kappa shape index (κ1) is 14.1. The van der Waals surface area contributed by atoms with E-state index in [1.54, 1.807) is 6.08 Å². The maximum absolute atomic E-state index is 3.73. The average molecular weight is 260 g/mol. The maximum Gasteiger partial charge on any atom is -0.000675 e. The van der Waals surface area contributed by atoms with Crippen molar-refractivity contribution in [3.05, 3.63) is 103 Å².